The molecular weight excluding hydrogens is 660 g/mol. The van der Waals surface area contributed by atoms with E-state index in [0.717, 1.165) is 40.6 Å². The van der Waals surface area contributed by atoms with Gasteiger partial charge < -0.3 is 36.7 Å². The van der Waals surface area contributed by atoms with E-state index in [1.165, 1.54) is 0 Å². The van der Waals surface area contributed by atoms with E-state index < -0.39 is 35.5 Å². The highest BCUT2D eigenvalue weighted by Crippen LogP contribution is 2.35. The number of aryl methyl sites for hydroxylation is 1. The number of ether oxygens (including phenoxy) is 1. The second kappa shape index (κ2) is 17.1. The van der Waals surface area contributed by atoms with Crippen LogP contribution in [-0.4, -0.2) is 58.9 Å². The van der Waals surface area contributed by atoms with Crippen LogP contribution in [0.4, 0.5) is 4.79 Å². The first-order chi connectivity index (χ1) is 24.9. The summed E-state index contributed by atoms with van der Waals surface area (Å²) in [5.41, 5.74) is 7.79. The molecule has 2 aliphatic carbocycles. The largest absolute Gasteiger partial charge is 0.445 e. The Kier molecular flexibility index (Phi) is 12.6. The van der Waals surface area contributed by atoms with Crippen molar-refractivity contribution in [3.8, 4) is 0 Å². The van der Waals surface area contributed by atoms with Gasteiger partial charge in [0.05, 0.1) is 0 Å². The van der Waals surface area contributed by atoms with Crippen LogP contribution in [0, 0.1) is 23.7 Å². The number of primary amides is 1. The molecule has 0 unspecified atom stereocenters. The van der Waals surface area contributed by atoms with Crippen LogP contribution in [0.2, 0.25) is 0 Å². The Morgan fingerprint density at radius 2 is 1.60 bits per heavy atom. The van der Waals surface area contributed by atoms with Crippen LogP contribution in [0.1, 0.15) is 83.0 Å². The van der Waals surface area contributed by atoms with Crippen molar-refractivity contribution >= 4 is 40.6 Å². The first-order valence-electron chi connectivity index (χ1n) is 18.7. The predicted octanol–water partition coefficient (Wildman–Crippen LogP) is 4.40. The maximum atomic E-state index is 14.6. The van der Waals surface area contributed by atoms with E-state index in [1.54, 1.807) is 0 Å². The van der Waals surface area contributed by atoms with Gasteiger partial charge in [0.25, 0.3) is 0 Å². The zero-order valence-electron chi connectivity index (χ0n) is 30.8. The number of amides is 5. The Morgan fingerprint density at radius 3 is 2.27 bits per heavy atom. The molecule has 1 aromatic heterocycles. The number of fused-ring (bicyclic) bond motifs is 3. The topological polar surface area (TPSA) is 185 Å². The summed E-state index contributed by atoms with van der Waals surface area (Å²) in [7, 11) is 0. The zero-order chi connectivity index (χ0) is 37.4. The first-order valence-corrected chi connectivity index (χ1v) is 18.7. The molecule has 52 heavy (non-hydrogen) atoms. The number of hydrogen-bond donors (Lipinski definition) is 6. The van der Waals surface area contributed by atoms with Gasteiger partial charge in [-0.05, 0) is 73.5 Å². The smallest absolute Gasteiger partial charge is 0.408 e. The molecule has 1 heterocycles. The Hall–Kier alpha value is -4.87. The Bertz CT molecular complexity index is 1730. The van der Waals surface area contributed by atoms with Gasteiger partial charge in [0.15, 0.2) is 0 Å². The number of aromatic amines is 1. The highest BCUT2D eigenvalue weighted by Gasteiger charge is 2.46. The molecule has 280 valence electrons. The summed E-state index contributed by atoms with van der Waals surface area (Å²) in [6.45, 7) is 8.02. The van der Waals surface area contributed by atoms with Gasteiger partial charge in [-0.25, -0.2) is 4.79 Å². The molecule has 12 nitrogen and oxygen atoms in total. The van der Waals surface area contributed by atoms with Crippen LogP contribution in [0.5, 0.6) is 0 Å². The lowest BCUT2D eigenvalue weighted by Crippen LogP contribution is -2.67. The van der Waals surface area contributed by atoms with Crippen molar-refractivity contribution in [2.45, 2.75) is 103 Å². The fourth-order valence-corrected chi connectivity index (χ4v) is 7.48. The van der Waals surface area contributed by atoms with Crippen molar-refractivity contribution in [1.82, 2.24) is 26.3 Å². The van der Waals surface area contributed by atoms with Crippen molar-refractivity contribution in [3.05, 3.63) is 71.4 Å². The van der Waals surface area contributed by atoms with E-state index in [0.29, 0.717) is 32.2 Å². The minimum Gasteiger partial charge on any atom is -0.445 e. The quantitative estimate of drug-likeness (QED) is 0.144. The lowest BCUT2D eigenvalue weighted by molar-refractivity contribution is -0.138. The summed E-state index contributed by atoms with van der Waals surface area (Å²) in [6.07, 6.45) is 3.82. The maximum absolute atomic E-state index is 14.6. The number of hydrogen-bond acceptors (Lipinski definition) is 6. The van der Waals surface area contributed by atoms with Gasteiger partial charge in [-0.2, -0.15) is 0 Å². The highest BCUT2D eigenvalue weighted by molar-refractivity contribution is 5.98. The average Bonchev–Trinajstić information content (AvgIpc) is 3.51. The van der Waals surface area contributed by atoms with Gasteiger partial charge in [0.1, 0.15) is 24.2 Å². The number of para-hydroxylation sites is 1. The monoisotopic (exact) mass is 714 g/mol. The molecule has 1 fully saturated rings. The van der Waals surface area contributed by atoms with Gasteiger partial charge in [-0.15, -0.1) is 0 Å². The van der Waals surface area contributed by atoms with E-state index >= 15 is 0 Å². The molecule has 0 bridgehead atoms. The molecular formula is C40H54N6O6. The molecule has 0 saturated heterocycles. The molecule has 7 N–H and O–H groups in total. The molecule has 1 saturated carbocycles. The molecule has 5 rings (SSSR count). The molecule has 0 radical (unpaired) electrons. The first kappa shape index (κ1) is 38.4. The number of H-pyrrole nitrogens is 1. The van der Waals surface area contributed by atoms with Crippen molar-refractivity contribution in [1.29, 1.82) is 0 Å². The molecule has 2 aromatic carbocycles. The average molecular weight is 715 g/mol. The summed E-state index contributed by atoms with van der Waals surface area (Å²) >= 11 is 0. The zero-order valence-corrected chi connectivity index (χ0v) is 30.8. The van der Waals surface area contributed by atoms with Gasteiger partial charge in [-0.3, -0.25) is 19.2 Å². The van der Waals surface area contributed by atoms with E-state index in [4.69, 9.17) is 10.5 Å². The summed E-state index contributed by atoms with van der Waals surface area (Å²) < 4.78 is 5.46. The summed E-state index contributed by atoms with van der Waals surface area (Å²) in [4.78, 5) is 70.6. The summed E-state index contributed by atoms with van der Waals surface area (Å²) in [5.74, 6) is -1.95. The lowest BCUT2D eigenvalue weighted by atomic mass is 9.78. The molecule has 4 atom stereocenters. The molecule has 12 heteroatoms. The third-order valence-corrected chi connectivity index (χ3v) is 11.0. The van der Waals surface area contributed by atoms with Crippen LogP contribution in [-0.2, 0) is 43.4 Å². The van der Waals surface area contributed by atoms with Crippen LogP contribution < -0.4 is 27.0 Å². The number of carbonyl (C=O) groups excluding carboxylic acids is 5. The Labute approximate surface area is 305 Å². The number of aromatic nitrogens is 1. The molecule has 2 aliphatic rings. The SMILES string of the molecule is CC[C@H](C)[C@H](NC(=O)OCc1ccccc1)C(=O)N[C@@]1(C(=O)N[C@H](C(=O)NCC2CCC(C(N)=O)CC2)C(C)C)CCc2[nH]c3ccccc3c2C1. The minimum atomic E-state index is -1.41. The van der Waals surface area contributed by atoms with Crippen LogP contribution in [0.3, 0.4) is 0 Å². The lowest BCUT2D eigenvalue weighted by Gasteiger charge is -2.39. The van der Waals surface area contributed by atoms with Crippen molar-refractivity contribution in [2.24, 2.45) is 29.4 Å². The fraction of sp³-hybridized carbons (Fsp3) is 0.525. The van der Waals surface area contributed by atoms with Crippen LogP contribution in [0.15, 0.2) is 54.6 Å². The van der Waals surface area contributed by atoms with Gasteiger partial charge in [-0.1, -0.05) is 82.6 Å². The van der Waals surface area contributed by atoms with E-state index in [2.05, 4.69) is 26.3 Å². The van der Waals surface area contributed by atoms with E-state index in [9.17, 15) is 24.0 Å². The standard InChI is InChI=1S/C40H54N6O6/c1-5-25(4)34(45-39(51)52-23-27-11-7-6-8-12-27)37(49)46-40(20-19-32-30(21-40)29-13-9-10-14-31(29)43-32)38(50)44-33(24(2)3)36(48)42-22-26-15-17-28(18-16-26)35(41)47/h6-14,24-26,28,33-34,43H,5,15-23H2,1-4H3,(H2,41,47)(H,42,48)(H,44,50)(H,45,51)(H,46,49)/t25-,26?,28?,33-,34-,40-/m0/s1. The van der Waals surface area contributed by atoms with Crippen molar-refractivity contribution in [2.75, 3.05) is 6.54 Å². The number of nitrogens with two attached hydrogens (primary N) is 1. The molecule has 0 aliphatic heterocycles. The third kappa shape index (κ3) is 9.13. The van der Waals surface area contributed by atoms with E-state index in [-0.39, 0.29) is 54.9 Å². The Balaban J connectivity index is 1.35. The third-order valence-electron chi connectivity index (χ3n) is 11.0. The van der Waals surface area contributed by atoms with Gasteiger partial charge >= 0.3 is 6.09 Å². The van der Waals surface area contributed by atoms with Crippen LogP contribution >= 0.6 is 0 Å². The second-order valence-electron chi connectivity index (χ2n) is 15.0. The predicted molar refractivity (Wildman–Crippen MR) is 199 cm³/mol. The van der Waals surface area contributed by atoms with E-state index in [1.807, 2.05) is 82.3 Å². The summed E-state index contributed by atoms with van der Waals surface area (Å²) in [6, 6.07) is 15.3. The van der Waals surface area contributed by atoms with Crippen molar-refractivity contribution in [3.63, 3.8) is 0 Å². The maximum Gasteiger partial charge on any atom is 0.408 e. The highest BCUT2D eigenvalue weighted by atomic mass is 16.5. The Morgan fingerprint density at radius 1 is 0.904 bits per heavy atom. The number of alkyl carbamates (subject to hydrolysis) is 1. The van der Waals surface area contributed by atoms with Crippen LogP contribution in [0.25, 0.3) is 10.9 Å². The summed E-state index contributed by atoms with van der Waals surface area (Å²) in [5, 5.41) is 12.9. The second-order valence-corrected chi connectivity index (χ2v) is 15.0. The fourth-order valence-electron chi connectivity index (χ4n) is 7.48. The number of carbonyl (C=O) groups is 5. The molecule has 5 amide bonds. The van der Waals surface area contributed by atoms with Crippen molar-refractivity contribution < 1.29 is 28.7 Å². The molecule has 3 aromatic rings. The molecule has 0 spiro atoms. The number of rotatable bonds is 14. The van der Waals surface area contributed by atoms with Gasteiger partial charge in [0.2, 0.25) is 23.6 Å². The minimum absolute atomic E-state index is 0.0461. The number of benzene rings is 2. The van der Waals surface area contributed by atoms with Gasteiger partial charge in [0, 0.05) is 35.5 Å². The normalized spacial score (nSPS) is 21.6. The number of nitrogens with one attached hydrogen (secondary N) is 5.